The molecule has 0 aliphatic carbocycles. The van der Waals surface area contributed by atoms with Gasteiger partial charge in [-0.15, -0.1) is 6.58 Å². The molecule has 0 radical (unpaired) electrons. The molecule has 0 fully saturated rings. The van der Waals surface area contributed by atoms with Gasteiger partial charge in [0.1, 0.15) is 5.94 Å². The fraction of sp³-hybridized carbons (Fsp3) is 0.125. The lowest BCUT2D eigenvalue weighted by molar-refractivity contribution is -0.116. The molecular weight excluding hydrogens is 142 g/mol. The Balaban J connectivity index is 3.93. The zero-order chi connectivity index (χ0) is 8.69. The van der Waals surface area contributed by atoms with Gasteiger partial charge in [-0.1, -0.05) is 12.7 Å². The number of rotatable bonds is 4. The van der Waals surface area contributed by atoms with Crippen molar-refractivity contribution in [1.29, 1.82) is 0 Å². The third-order valence-electron chi connectivity index (χ3n) is 0.932. The second kappa shape index (κ2) is 5.21. The summed E-state index contributed by atoms with van der Waals surface area (Å²) < 4.78 is 0. The van der Waals surface area contributed by atoms with Gasteiger partial charge >= 0.3 is 0 Å². The Bertz CT molecular complexity index is 224. The van der Waals surface area contributed by atoms with Gasteiger partial charge in [-0.2, -0.15) is 0 Å². The number of nitrogens with one attached hydrogen (secondary N) is 1. The van der Waals surface area contributed by atoms with Crippen LogP contribution in [0.25, 0.3) is 0 Å². The van der Waals surface area contributed by atoms with Gasteiger partial charge in [0.25, 0.3) is 5.91 Å². The van der Waals surface area contributed by atoms with Crippen molar-refractivity contribution in [3.63, 3.8) is 0 Å². The van der Waals surface area contributed by atoms with Crippen LogP contribution in [0.3, 0.4) is 0 Å². The molecule has 0 rings (SSSR count). The Labute approximate surface area is 65.1 Å². The molecule has 0 heterocycles. The summed E-state index contributed by atoms with van der Waals surface area (Å²) in [7, 11) is 0. The van der Waals surface area contributed by atoms with Crippen LogP contribution in [0.5, 0.6) is 0 Å². The Hall–Kier alpha value is -1.60. The van der Waals surface area contributed by atoms with Crippen molar-refractivity contribution in [2.45, 2.75) is 0 Å². The van der Waals surface area contributed by atoms with E-state index >= 15 is 0 Å². The van der Waals surface area contributed by atoms with E-state index in [0.29, 0.717) is 6.54 Å². The highest BCUT2D eigenvalue weighted by molar-refractivity contribution is 5.97. The lowest BCUT2D eigenvalue weighted by Crippen LogP contribution is -2.23. The smallest absolute Gasteiger partial charge is 0.251 e. The minimum absolute atomic E-state index is 0.0989. The molecule has 0 spiro atoms. The maximum Gasteiger partial charge on any atom is 0.251 e. The summed E-state index contributed by atoms with van der Waals surface area (Å²) in [6.07, 6.45) is 2.52. The SMILES string of the molecule is C=CCNC(=O)C(=C)C=C=O. The van der Waals surface area contributed by atoms with E-state index in [1.54, 1.807) is 0 Å². The molecule has 0 atom stereocenters. The van der Waals surface area contributed by atoms with Gasteiger partial charge in [-0.25, -0.2) is 4.79 Å². The normalized spacial score (nSPS) is 7.64. The van der Waals surface area contributed by atoms with Crippen LogP contribution in [-0.2, 0) is 9.59 Å². The minimum atomic E-state index is -0.381. The lowest BCUT2D eigenvalue weighted by atomic mass is 10.3. The maximum absolute atomic E-state index is 10.8. The largest absolute Gasteiger partial charge is 0.349 e. The monoisotopic (exact) mass is 151 g/mol. The molecule has 11 heavy (non-hydrogen) atoms. The van der Waals surface area contributed by atoms with E-state index in [4.69, 9.17) is 0 Å². The van der Waals surface area contributed by atoms with E-state index in [1.165, 1.54) is 12.0 Å². The summed E-state index contributed by atoms with van der Waals surface area (Å²) >= 11 is 0. The van der Waals surface area contributed by atoms with Gasteiger partial charge in [-0.3, -0.25) is 4.79 Å². The fourth-order valence-electron chi connectivity index (χ4n) is 0.415. The third kappa shape index (κ3) is 3.89. The lowest BCUT2D eigenvalue weighted by Gasteiger charge is -1.98. The zero-order valence-electron chi connectivity index (χ0n) is 6.09. The van der Waals surface area contributed by atoms with E-state index in [-0.39, 0.29) is 11.5 Å². The van der Waals surface area contributed by atoms with E-state index < -0.39 is 0 Å². The quantitative estimate of drug-likeness (QED) is 0.270. The van der Waals surface area contributed by atoms with E-state index in [1.807, 2.05) is 0 Å². The Morgan fingerprint density at radius 2 is 2.27 bits per heavy atom. The predicted molar refractivity (Wildman–Crippen MR) is 42.6 cm³/mol. The van der Waals surface area contributed by atoms with Crippen molar-refractivity contribution >= 4 is 11.8 Å². The number of carbonyl (C=O) groups excluding carboxylic acids is 2. The highest BCUT2D eigenvalue weighted by Gasteiger charge is 2.00. The molecule has 1 amide bonds. The summed E-state index contributed by atoms with van der Waals surface area (Å²) in [6.45, 7) is 7.10. The van der Waals surface area contributed by atoms with E-state index in [9.17, 15) is 9.59 Å². The molecule has 0 aromatic heterocycles. The summed E-state index contributed by atoms with van der Waals surface area (Å²) in [4.78, 5) is 20.6. The van der Waals surface area contributed by atoms with Gasteiger partial charge in [0, 0.05) is 18.2 Å². The van der Waals surface area contributed by atoms with Gasteiger partial charge in [-0.05, 0) is 0 Å². The topological polar surface area (TPSA) is 46.2 Å². The number of carbonyl (C=O) groups is 1. The molecule has 0 aliphatic rings. The van der Waals surface area contributed by atoms with Crippen LogP contribution >= 0.6 is 0 Å². The maximum atomic E-state index is 10.8. The van der Waals surface area contributed by atoms with E-state index in [0.717, 1.165) is 6.08 Å². The average Bonchev–Trinajstić information content (AvgIpc) is 2.00. The Morgan fingerprint density at radius 3 is 2.73 bits per heavy atom. The first-order valence-corrected chi connectivity index (χ1v) is 3.01. The van der Waals surface area contributed by atoms with Crippen molar-refractivity contribution in [3.05, 3.63) is 30.9 Å². The average molecular weight is 151 g/mol. The Morgan fingerprint density at radius 1 is 1.64 bits per heavy atom. The minimum Gasteiger partial charge on any atom is -0.349 e. The van der Waals surface area contributed by atoms with E-state index in [2.05, 4.69) is 18.5 Å². The molecule has 0 unspecified atom stereocenters. The fourth-order valence-corrected chi connectivity index (χ4v) is 0.415. The number of amides is 1. The van der Waals surface area contributed by atoms with Crippen molar-refractivity contribution in [3.8, 4) is 0 Å². The van der Waals surface area contributed by atoms with Crippen LogP contribution in [0.4, 0.5) is 0 Å². The van der Waals surface area contributed by atoms with Crippen LogP contribution in [-0.4, -0.2) is 18.4 Å². The van der Waals surface area contributed by atoms with Crippen molar-refractivity contribution in [2.75, 3.05) is 6.54 Å². The molecule has 1 N–H and O–H groups in total. The van der Waals surface area contributed by atoms with Crippen LogP contribution in [0, 0.1) is 0 Å². The summed E-state index contributed by atoms with van der Waals surface area (Å²) in [5, 5.41) is 2.45. The van der Waals surface area contributed by atoms with Crippen LogP contribution in [0.15, 0.2) is 30.9 Å². The zero-order valence-corrected chi connectivity index (χ0v) is 6.09. The first kappa shape index (κ1) is 9.40. The molecular formula is C8H9NO2. The highest BCUT2D eigenvalue weighted by atomic mass is 16.1. The molecule has 0 aromatic carbocycles. The van der Waals surface area contributed by atoms with Crippen molar-refractivity contribution in [2.24, 2.45) is 0 Å². The van der Waals surface area contributed by atoms with Crippen LogP contribution in [0.1, 0.15) is 0 Å². The Kier molecular flexibility index (Phi) is 4.45. The summed E-state index contributed by atoms with van der Waals surface area (Å²) in [6, 6.07) is 0. The third-order valence-corrected chi connectivity index (χ3v) is 0.932. The van der Waals surface area contributed by atoms with Crippen LogP contribution in [0.2, 0.25) is 0 Å². The second-order valence-electron chi connectivity index (χ2n) is 1.79. The van der Waals surface area contributed by atoms with Gasteiger partial charge < -0.3 is 5.32 Å². The summed E-state index contributed by atoms with van der Waals surface area (Å²) in [5.41, 5.74) is 0.0989. The molecule has 0 aromatic rings. The molecule has 0 aliphatic heterocycles. The molecule has 3 nitrogen and oxygen atoms in total. The standard InChI is InChI=1S/C8H9NO2/c1-3-5-9-8(11)7(2)4-6-10/h3-4H,1-2,5H2,(H,9,11). The highest BCUT2D eigenvalue weighted by Crippen LogP contribution is 1.87. The first-order valence-electron chi connectivity index (χ1n) is 3.01. The second-order valence-corrected chi connectivity index (χ2v) is 1.79. The predicted octanol–water partition coefficient (Wildman–Crippen LogP) is 0.233. The summed E-state index contributed by atoms with van der Waals surface area (Å²) in [5.74, 6) is 1.08. The van der Waals surface area contributed by atoms with Gasteiger partial charge in [0.2, 0.25) is 0 Å². The molecule has 0 bridgehead atoms. The van der Waals surface area contributed by atoms with Gasteiger partial charge in [0.15, 0.2) is 0 Å². The molecule has 0 saturated carbocycles. The molecule has 58 valence electrons. The van der Waals surface area contributed by atoms with Crippen LogP contribution < -0.4 is 5.32 Å². The molecule has 3 heteroatoms. The first-order chi connectivity index (χ1) is 5.22. The molecule has 0 saturated heterocycles. The van der Waals surface area contributed by atoms with Crippen molar-refractivity contribution in [1.82, 2.24) is 5.32 Å². The van der Waals surface area contributed by atoms with Gasteiger partial charge in [0.05, 0.1) is 0 Å². The van der Waals surface area contributed by atoms with Crippen molar-refractivity contribution < 1.29 is 9.59 Å². The number of hydrogen-bond acceptors (Lipinski definition) is 2. The number of hydrogen-bond donors (Lipinski definition) is 1.